The molecular formula is C14H22Cl2N2O3. The molecule has 5 nitrogen and oxygen atoms in total. The van der Waals surface area contributed by atoms with Crippen LogP contribution in [0.4, 0.5) is 4.79 Å². The molecular weight excluding hydrogens is 315 g/mol. The Morgan fingerprint density at radius 2 is 1.90 bits per heavy atom. The lowest BCUT2D eigenvalue weighted by Crippen LogP contribution is -2.43. The van der Waals surface area contributed by atoms with E-state index < -0.39 is 15.3 Å². The minimum Gasteiger partial charge on any atom is -0.444 e. The number of carbonyl (C=O) groups excluding carboxylic acids is 2. The second-order valence-electron chi connectivity index (χ2n) is 7.10. The molecule has 1 aliphatic heterocycles. The number of nitrogens with zero attached hydrogens (tertiary/aromatic N) is 1. The van der Waals surface area contributed by atoms with Crippen molar-refractivity contribution in [3.8, 4) is 0 Å². The summed E-state index contributed by atoms with van der Waals surface area (Å²) in [7, 11) is 0. The van der Waals surface area contributed by atoms with Gasteiger partial charge in [0, 0.05) is 19.1 Å². The third kappa shape index (κ3) is 3.57. The van der Waals surface area contributed by atoms with Gasteiger partial charge in [-0.05, 0) is 40.5 Å². The molecule has 1 saturated heterocycles. The molecule has 7 heteroatoms. The van der Waals surface area contributed by atoms with Crippen molar-refractivity contribution in [2.45, 2.75) is 56.5 Å². The van der Waals surface area contributed by atoms with Crippen molar-refractivity contribution in [3.05, 3.63) is 0 Å². The molecule has 1 N–H and O–H groups in total. The van der Waals surface area contributed by atoms with Gasteiger partial charge < -0.3 is 15.0 Å². The molecule has 0 unspecified atom stereocenters. The van der Waals surface area contributed by atoms with Crippen molar-refractivity contribution in [3.63, 3.8) is 0 Å². The van der Waals surface area contributed by atoms with Crippen LogP contribution in [0.2, 0.25) is 0 Å². The Bertz CT molecular complexity index is 462. The third-order valence-corrected chi connectivity index (χ3v) is 5.04. The lowest BCUT2D eigenvalue weighted by atomic mass is 10.1. The van der Waals surface area contributed by atoms with Crippen molar-refractivity contribution >= 4 is 35.2 Å². The van der Waals surface area contributed by atoms with E-state index >= 15 is 0 Å². The maximum Gasteiger partial charge on any atom is 0.410 e. The topological polar surface area (TPSA) is 58.6 Å². The van der Waals surface area contributed by atoms with Crippen molar-refractivity contribution in [2.75, 3.05) is 13.1 Å². The first-order valence-corrected chi connectivity index (χ1v) is 7.87. The highest BCUT2D eigenvalue weighted by Crippen LogP contribution is 2.63. The zero-order chi connectivity index (χ0) is 16.1. The van der Waals surface area contributed by atoms with E-state index in [0.29, 0.717) is 25.9 Å². The first kappa shape index (κ1) is 16.7. The fourth-order valence-electron chi connectivity index (χ4n) is 2.36. The number of carbonyl (C=O) groups is 2. The summed E-state index contributed by atoms with van der Waals surface area (Å²) in [4.78, 5) is 25.8. The third-order valence-electron chi connectivity index (χ3n) is 3.93. The minimum atomic E-state index is -0.972. The first-order chi connectivity index (χ1) is 9.45. The zero-order valence-electron chi connectivity index (χ0n) is 12.8. The van der Waals surface area contributed by atoms with Crippen LogP contribution in [-0.2, 0) is 9.53 Å². The van der Waals surface area contributed by atoms with E-state index in [9.17, 15) is 9.59 Å². The number of amides is 2. The Morgan fingerprint density at radius 1 is 1.33 bits per heavy atom. The number of ether oxygens (including phenoxy) is 1. The predicted molar refractivity (Wildman–Crippen MR) is 81.5 cm³/mol. The Balaban J connectivity index is 1.84. The molecule has 2 fully saturated rings. The van der Waals surface area contributed by atoms with Gasteiger partial charge in [0.2, 0.25) is 5.91 Å². The molecule has 2 amide bonds. The summed E-state index contributed by atoms with van der Waals surface area (Å²) in [5.74, 6) is -0.150. The number of halogens is 2. The number of rotatable bonds is 2. The van der Waals surface area contributed by atoms with Gasteiger partial charge in [-0.2, -0.15) is 0 Å². The Hall–Kier alpha value is -0.680. The van der Waals surface area contributed by atoms with Gasteiger partial charge in [0.25, 0.3) is 0 Å². The van der Waals surface area contributed by atoms with Crippen molar-refractivity contribution in [1.29, 1.82) is 0 Å². The second kappa shape index (κ2) is 5.20. The zero-order valence-corrected chi connectivity index (χ0v) is 14.3. The van der Waals surface area contributed by atoms with Gasteiger partial charge in [0.05, 0.1) is 5.41 Å². The molecule has 21 heavy (non-hydrogen) atoms. The molecule has 120 valence electrons. The van der Waals surface area contributed by atoms with Gasteiger partial charge >= 0.3 is 6.09 Å². The van der Waals surface area contributed by atoms with Crippen molar-refractivity contribution in [2.24, 2.45) is 5.41 Å². The molecule has 2 rings (SSSR count). The van der Waals surface area contributed by atoms with Gasteiger partial charge in [-0.15, -0.1) is 23.2 Å². The second-order valence-corrected chi connectivity index (χ2v) is 8.58. The molecule has 2 atom stereocenters. The average Bonchev–Trinajstić information content (AvgIpc) is 2.70. The molecule has 0 bridgehead atoms. The van der Waals surface area contributed by atoms with Crippen LogP contribution in [0.1, 0.15) is 40.5 Å². The van der Waals surface area contributed by atoms with E-state index in [2.05, 4.69) is 5.32 Å². The summed E-state index contributed by atoms with van der Waals surface area (Å²) < 4.78 is 4.35. The molecule has 1 aliphatic carbocycles. The van der Waals surface area contributed by atoms with Gasteiger partial charge in [0.15, 0.2) is 0 Å². The van der Waals surface area contributed by atoms with Crippen LogP contribution in [-0.4, -0.2) is 46.0 Å². The molecule has 1 heterocycles. The van der Waals surface area contributed by atoms with Crippen LogP contribution >= 0.6 is 23.2 Å². The molecule has 0 spiro atoms. The Labute approximate surface area is 135 Å². The van der Waals surface area contributed by atoms with Crippen LogP contribution in [0.5, 0.6) is 0 Å². The monoisotopic (exact) mass is 336 g/mol. The lowest BCUT2D eigenvalue weighted by Gasteiger charge is -2.24. The average molecular weight is 337 g/mol. The van der Waals surface area contributed by atoms with Gasteiger partial charge in [0.1, 0.15) is 9.93 Å². The van der Waals surface area contributed by atoms with Gasteiger partial charge in [-0.25, -0.2) is 4.79 Å². The molecule has 1 saturated carbocycles. The molecule has 0 aromatic rings. The van der Waals surface area contributed by atoms with Crippen LogP contribution in [0.3, 0.4) is 0 Å². The highest BCUT2D eigenvalue weighted by Gasteiger charge is 2.68. The lowest BCUT2D eigenvalue weighted by molar-refractivity contribution is -0.126. The van der Waals surface area contributed by atoms with Crippen molar-refractivity contribution < 1.29 is 14.3 Å². The van der Waals surface area contributed by atoms with E-state index in [4.69, 9.17) is 27.9 Å². The van der Waals surface area contributed by atoms with Crippen LogP contribution in [0, 0.1) is 5.41 Å². The number of hydrogen-bond acceptors (Lipinski definition) is 3. The molecule has 2 aliphatic rings. The molecule has 0 aromatic carbocycles. The van der Waals surface area contributed by atoms with E-state index in [-0.39, 0.29) is 18.0 Å². The van der Waals surface area contributed by atoms with Gasteiger partial charge in [-0.3, -0.25) is 4.79 Å². The van der Waals surface area contributed by atoms with E-state index in [1.807, 2.05) is 20.8 Å². The maximum absolute atomic E-state index is 12.2. The smallest absolute Gasteiger partial charge is 0.410 e. The summed E-state index contributed by atoms with van der Waals surface area (Å²) in [5.41, 5.74) is -1.24. The predicted octanol–water partition coefficient (Wildman–Crippen LogP) is 2.70. The van der Waals surface area contributed by atoms with Crippen LogP contribution in [0.15, 0.2) is 0 Å². The fraction of sp³-hybridized carbons (Fsp3) is 0.857. The summed E-state index contributed by atoms with van der Waals surface area (Å²) >= 11 is 12.0. The minimum absolute atomic E-state index is 0.0772. The number of hydrogen-bond donors (Lipinski definition) is 1. The summed E-state index contributed by atoms with van der Waals surface area (Å²) in [6, 6.07) is -0.0772. The number of nitrogens with one attached hydrogen (secondary N) is 1. The fourth-order valence-corrected chi connectivity index (χ4v) is 3.07. The highest BCUT2D eigenvalue weighted by molar-refractivity contribution is 6.53. The molecule has 0 aromatic heterocycles. The van der Waals surface area contributed by atoms with E-state index in [1.54, 1.807) is 11.8 Å². The quantitative estimate of drug-likeness (QED) is 0.788. The Morgan fingerprint density at radius 3 is 2.38 bits per heavy atom. The summed E-state index contributed by atoms with van der Waals surface area (Å²) in [6.45, 7) is 8.26. The van der Waals surface area contributed by atoms with Gasteiger partial charge in [-0.1, -0.05) is 0 Å². The summed E-state index contributed by atoms with van der Waals surface area (Å²) in [5, 5.41) is 2.93. The van der Waals surface area contributed by atoms with E-state index in [1.165, 1.54) is 0 Å². The highest BCUT2D eigenvalue weighted by atomic mass is 35.5. The van der Waals surface area contributed by atoms with Crippen molar-refractivity contribution in [1.82, 2.24) is 10.2 Å². The standard InChI is InChI=1S/C14H22Cl2N2O3/c1-12(2,3)21-11(20)18-6-5-9(7-18)17-10(19)13(4)8-14(13,15)16/h9H,5-8H2,1-4H3,(H,17,19)/t9-,13+/m0/s1. The Kier molecular flexibility index (Phi) is 4.13. The summed E-state index contributed by atoms with van der Waals surface area (Å²) in [6.07, 6.45) is 0.816. The van der Waals surface area contributed by atoms with Crippen LogP contribution < -0.4 is 5.32 Å². The maximum atomic E-state index is 12.2. The van der Waals surface area contributed by atoms with E-state index in [0.717, 1.165) is 0 Å². The first-order valence-electron chi connectivity index (χ1n) is 7.11. The normalized spacial score (nSPS) is 31.0. The van der Waals surface area contributed by atoms with Crippen LogP contribution in [0.25, 0.3) is 0 Å². The molecule has 0 radical (unpaired) electrons. The SMILES string of the molecule is CC(C)(C)OC(=O)N1CC[C@H](NC(=O)[C@@]2(C)CC2(Cl)Cl)C1. The number of likely N-dealkylation sites (tertiary alicyclic amines) is 1. The number of alkyl halides is 2. The largest absolute Gasteiger partial charge is 0.444 e.